The molecule has 6 heteroatoms. The fourth-order valence-electron chi connectivity index (χ4n) is 8.21. The van der Waals surface area contributed by atoms with Crippen LogP contribution in [0.25, 0.3) is 0 Å². The summed E-state index contributed by atoms with van der Waals surface area (Å²) >= 11 is 0. The van der Waals surface area contributed by atoms with E-state index < -0.39 is 6.10 Å². The Balaban J connectivity index is 4.25. The summed E-state index contributed by atoms with van der Waals surface area (Å²) in [6.45, 7) is 6.47. The topological polar surface area (TPSA) is 78.9 Å². The highest BCUT2D eigenvalue weighted by Gasteiger charge is 2.19. The number of carbonyl (C=O) groups is 3. The summed E-state index contributed by atoms with van der Waals surface area (Å²) in [5.41, 5.74) is 0. The molecule has 0 aliphatic heterocycles. The van der Waals surface area contributed by atoms with Crippen molar-refractivity contribution in [1.29, 1.82) is 0 Å². The van der Waals surface area contributed by atoms with Gasteiger partial charge in [0, 0.05) is 19.3 Å². The first-order valence-corrected chi connectivity index (χ1v) is 29.6. The molecule has 0 saturated carbocycles. The summed E-state index contributed by atoms with van der Waals surface area (Å²) in [4.78, 5) is 38.1. The normalized spacial score (nSPS) is 12.7. The van der Waals surface area contributed by atoms with Crippen LogP contribution in [0.15, 0.2) is 85.1 Å². The van der Waals surface area contributed by atoms with Gasteiger partial charge in [-0.3, -0.25) is 14.4 Å². The van der Waals surface area contributed by atoms with Crippen molar-refractivity contribution in [2.24, 2.45) is 0 Å². The van der Waals surface area contributed by atoms with Crippen molar-refractivity contribution in [2.75, 3.05) is 13.2 Å². The second-order valence-corrected chi connectivity index (χ2v) is 19.5. The molecule has 0 aromatic heterocycles. The van der Waals surface area contributed by atoms with Gasteiger partial charge in [0.25, 0.3) is 0 Å². The first kappa shape index (κ1) is 66.6. The molecule has 1 atom stereocenters. The zero-order valence-corrected chi connectivity index (χ0v) is 46.0. The molecule has 402 valence electrons. The lowest BCUT2D eigenvalue weighted by molar-refractivity contribution is -0.167. The van der Waals surface area contributed by atoms with Crippen molar-refractivity contribution in [1.82, 2.24) is 0 Å². The minimum absolute atomic E-state index is 0.0812. The number of hydrogen-bond donors (Lipinski definition) is 0. The largest absolute Gasteiger partial charge is 0.462 e. The van der Waals surface area contributed by atoms with Gasteiger partial charge in [-0.25, -0.2) is 0 Å². The van der Waals surface area contributed by atoms with Gasteiger partial charge in [-0.05, 0) is 89.9 Å². The van der Waals surface area contributed by atoms with E-state index >= 15 is 0 Å². The Bertz CT molecular complexity index is 1350. The summed E-state index contributed by atoms with van der Waals surface area (Å²) < 4.78 is 16.8. The maximum atomic E-state index is 12.8. The Morgan fingerprint density at radius 3 is 0.943 bits per heavy atom. The van der Waals surface area contributed by atoms with Crippen LogP contribution >= 0.6 is 0 Å². The Morgan fingerprint density at radius 1 is 0.300 bits per heavy atom. The van der Waals surface area contributed by atoms with E-state index in [4.69, 9.17) is 14.2 Å². The number of esters is 3. The molecule has 0 fully saturated rings. The van der Waals surface area contributed by atoms with Crippen molar-refractivity contribution >= 4 is 17.9 Å². The fourth-order valence-corrected chi connectivity index (χ4v) is 8.21. The van der Waals surface area contributed by atoms with Crippen LogP contribution in [0.4, 0.5) is 0 Å². The van der Waals surface area contributed by atoms with E-state index in [0.717, 1.165) is 116 Å². The van der Waals surface area contributed by atoms with E-state index in [1.54, 1.807) is 0 Å². The van der Waals surface area contributed by atoms with Crippen molar-refractivity contribution in [3.8, 4) is 0 Å². The van der Waals surface area contributed by atoms with Crippen molar-refractivity contribution in [3.63, 3.8) is 0 Å². The molecule has 0 aromatic carbocycles. The number of hydrogen-bond acceptors (Lipinski definition) is 6. The molecule has 70 heavy (non-hydrogen) atoms. The number of allylic oxidation sites excluding steroid dienone is 14. The summed E-state index contributed by atoms with van der Waals surface area (Å²) in [7, 11) is 0. The highest BCUT2D eigenvalue weighted by Crippen LogP contribution is 2.16. The zero-order chi connectivity index (χ0) is 50.7. The van der Waals surface area contributed by atoms with Crippen LogP contribution in [0.1, 0.15) is 284 Å². The predicted octanol–water partition coefficient (Wildman–Crippen LogP) is 19.9. The average Bonchev–Trinajstić information content (AvgIpc) is 3.36. The number of rotatable bonds is 53. The lowest BCUT2D eigenvalue weighted by Crippen LogP contribution is -2.30. The maximum absolute atomic E-state index is 12.8. The molecule has 0 aromatic rings. The number of unbranched alkanes of at least 4 members (excludes halogenated alkanes) is 28. The average molecular weight is 976 g/mol. The van der Waals surface area contributed by atoms with Crippen molar-refractivity contribution < 1.29 is 28.6 Å². The van der Waals surface area contributed by atoms with Gasteiger partial charge in [0.05, 0.1) is 0 Å². The Morgan fingerprint density at radius 2 is 0.586 bits per heavy atom. The van der Waals surface area contributed by atoms with Crippen LogP contribution in [0.3, 0.4) is 0 Å². The van der Waals surface area contributed by atoms with Crippen LogP contribution in [0, 0.1) is 0 Å². The quantitative estimate of drug-likeness (QED) is 0.0261. The number of carbonyl (C=O) groups excluding carboxylic acids is 3. The molecule has 0 radical (unpaired) electrons. The third kappa shape index (κ3) is 55.5. The van der Waals surface area contributed by atoms with Gasteiger partial charge in [0.15, 0.2) is 6.10 Å². The zero-order valence-electron chi connectivity index (χ0n) is 46.0. The molecule has 0 N–H and O–H groups in total. The van der Waals surface area contributed by atoms with Crippen LogP contribution in [0.2, 0.25) is 0 Å². The van der Waals surface area contributed by atoms with Crippen molar-refractivity contribution in [3.05, 3.63) is 85.1 Å². The van der Waals surface area contributed by atoms with Crippen LogP contribution in [-0.2, 0) is 28.6 Å². The fraction of sp³-hybridized carbons (Fsp3) is 0.734. The molecule has 0 spiro atoms. The molecule has 0 heterocycles. The van der Waals surface area contributed by atoms with E-state index in [1.807, 2.05) is 0 Å². The Hall–Kier alpha value is -3.41. The highest BCUT2D eigenvalue weighted by atomic mass is 16.6. The summed E-state index contributed by atoms with van der Waals surface area (Å²) in [5, 5.41) is 0. The molecule has 0 aliphatic carbocycles. The maximum Gasteiger partial charge on any atom is 0.306 e. The third-order valence-electron chi connectivity index (χ3n) is 12.6. The monoisotopic (exact) mass is 975 g/mol. The lowest BCUT2D eigenvalue weighted by atomic mass is 10.0. The molecular weight excluding hydrogens is 865 g/mol. The molecule has 6 nitrogen and oxygen atoms in total. The van der Waals surface area contributed by atoms with Gasteiger partial charge in [-0.2, -0.15) is 0 Å². The standard InChI is InChI=1S/C64H110O6/c1-4-7-10-13-16-19-22-24-26-27-28-29-30-31-32-33-34-35-36-37-39-40-42-45-48-51-54-57-63(66)69-60-61(59-68-62(65)56-53-50-47-44-21-18-15-12-9-6-3)70-64(67)58-55-52-49-46-43-41-38-25-23-20-17-14-11-8-5-2/h7,10,12,15-16,19,24,26,28-29,31-32,34-35,61H,4-6,8-9,11,13-14,17-18,20-23,25,27,30,33,36-60H2,1-3H3/b10-7-,15-12-,19-16-,26-24-,29-28-,32-31-,35-34-. The minimum Gasteiger partial charge on any atom is -0.462 e. The summed E-state index contributed by atoms with van der Waals surface area (Å²) in [6.07, 6.45) is 75.8. The smallest absolute Gasteiger partial charge is 0.306 e. The molecule has 0 amide bonds. The molecule has 0 aliphatic rings. The van der Waals surface area contributed by atoms with E-state index in [2.05, 4.69) is 106 Å². The molecule has 0 bridgehead atoms. The van der Waals surface area contributed by atoms with Crippen molar-refractivity contribution in [2.45, 2.75) is 290 Å². The summed E-state index contributed by atoms with van der Waals surface area (Å²) in [6, 6.07) is 0. The van der Waals surface area contributed by atoms with E-state index in [9.17, 15) is 14.4 Å². The first-order valence-electron chi connectivity index (χ1n) is 29.6. The SMILES string of the molecule is CC/C=C\C/C=C\C/C=C\C/C=C\C/C=C\C/C=C\CCCCCCCCCCC(=O)OCC(COC(=O)CCCCCCC/C=C\CCC)OC(=O)CCCCCCCCCCCCCCCCC. The van der Waals surface area contributed by atoms with Gasteiger partial charge >= 0.3 is 17.9 Å². The molecule has 0 rings (SSSR count). The van der Waals surface area contributed by atoms with Gasteiger partial charge in [0.2, 0.25) is 0 Å². The third-order valence-corrected chi connectivity index (χ3v) is 12.6. The summed E-state index contributed by atoms with van der Waals surface area (Å²) in [5.74, 6) is -0.891. The van der Waals surface area contributed by atoms with Gasteiger partial charge in [-0.1, -0.05) is 260 Å². The molecule has 1 unspecified atom stereocenters. The molecule has 0 saturated heterocycles. The second-order valence-electron chi connectivity index (χ2n) is 19.5. The lowest BCUT2D eigenvalue weighted by Gasteiger charge is -2.18. The minimum atomic E-state index is -0.781. The Kier molecular flexibility index (Phi) is 55.3. The van der Waals surface area contributed by atoms with Gasteiger partial charge in [-0.15, -0.1) is 0 Å². The van der Waals surface area contributed by atoms with Gasteiger partial charge < -0.3 is 14.2 Å². The second kappa shape index (κ2) is 58.2. The van der Waals surface area contributed by atoms with E-state index in [-0.39, 0.29) is 31.1 Å². The van der Waals surface area contributed by atoms with Gasteiger partial charge in [0.1, 0.15) is 13.2 Å². The first-order chi connectivity index (χ1) is 34.5. The van der Waals surface area contributed by atoms with Crippen LogP contribution in [-0.4, -0.2) is 37.2 Å². The van der Waals surface area contributed by atoms with E-state index in [1.165, 1.54) is 128 Å². The highest BCUT2D eigenvalue weighted by molar-refractivity contribution is 5.71. The molecular formula is C64H110O6. The predicted molar refractivity (Wildman–Crippen MR) is 302 cm³/mol. The number of ether oxygens (including phenoxy) is 3. The van der Waals surface area contributed by atoms with Crippen LogP contribution in [0.5, 0.6) is 0 Å². The Labute approximate surface area is 433 Å². The van der Waals surface area contributed by atoms with E-state index in [0.29, 0.717) is 19.3 Å². The van der Waals surface area contributed by atoms with Crippen LogP contribution < -0.4 is 0 Å².